The van der Waals surface area contributed by atoms with Gasteiger partial charge in [-0.05, 0) is 43.7 Å². The minimum atomic E-state index is -4.63. The van der Waals surface area contributed by atoms with E-state index < -0.39 is 43.8 Å². The van der Waals surface area contributed by atoms with Crippen LogP contribution in [0.25, 0.3) is 5.69 Å². The van der Waals surface area contributed by atoms with Crippen molar-refractivity contribution in [1.29, 1.82) is 0 Å². The number of carbonyl (C=O) groups is 1. The maximum absolute atomic E-state index is 14.0. The number of aromatic nitrogens is 2. The van der Waals surface area contributed by atoms with Crippen LogP contribution in [0, 0.1) is 12.7 Å². The van der Waals surface area contributed by atoms with E-state index in [4.69, 9.17) is 13.7 Å². The number of hydrogen-bond donors (Lipinski definition) is 0. The number of nitrogens with zero attached hydrogens (tertiary/aromatic N) is 2. The molecule has 0 aliphatic carbocycles. The lowest BCUT2D eigenvalue weighted by molar-refractivity contribution is 0.0515. The summed E-state index contributed by atoms with van der Waals surface area (Å²) in [4.78, 5) is 24.6. The molecular weight excluding hydrogens is 443 g/mol. The smallest absolute Gasteiger partial charge is 0.362 e. The van der Waals surface area contributed by atoms with E-state index >= 15 is 0 Å². The molecule has 0 N–H and O–H groups in total. The molecule has 0 bridgehead atoms. The van der Waals surface area contributed by atoms with Crippen molar-refractivity contribution >= 4 is 16.1 Å². The van der Waals surface area contributed by atoms with Gasteiger partial charge in [0.1, 0.15) is 4.90 Å². The molecule has 2 aromatic carbocycles. The van der Waals surface area contributed by atoms with E-state index in [1.165, 1.54) is 7.11 Å². The Kier molecular flexibility index (Phi) is 6.58. The lowest BCUT2D eigenvalue weighted by Crippen LogP contribution is -2.26. The van der Waals surface area contributed by atoms with E-state index in [9.17, 15) is 22.4 Å². The zero-order chi connectivity index (χ0) is 23.5. The second-order valence-electron chi connectivity index (χ2n) is 6.45. The fourth-order valence-electron chi connectivity index (χ4n) is 2.79. The van der Waals surface area contributed by atoms with E-state index in [0.717, 1.165) is 22.9 Å². The van der Waals surface area contributed by atoms with Crippen molar-refractivity contribution in [2.45, 2.75) is 18.7 Å². The highest BCUT2D eigenvalue weighted by molar-refractivity contribution is 7.87. The molecule has 3 aromatic rings. The van der Waals surface area contributed by atoms with Crippen LogP contribution in [0.1, 0.15) is 23.0 Å². The van der Waals surface area contributed by atoms with E-state index in [0.29, 0.717) is 17.3 Å². The number of aryl methyl sites for hydroxylation is 1. The Balaban J connectivity index is 2.12. The van der Waals surface area contributed by atoms with Crippen molar-refractivity contribution < 1.29 is 31.3 Å². The molecule has 0 aliphatic rings. The molecule has 0 aliphatic heterocycles. The predicted molar refractivity (Wildman–Crippen MR) is 111 cm³/mol. The van der Waals surface area contributed by atoms with Gasteiger partial charge in [0, 0.05) is 0 Å². The SMILES string of the molecule is CCOC(=O)c1nn(-c2ccccc2C)c(=O)cc1OS(=O)(=O)c1ccc(OC)c(F)c1. The number of esters is 1. The third-order valence-corrected chi connectivity index (χ3v) is 5.55. The number of hydrogen-bond acceptors (Lipinski definition) is 8. The zero-order valence-corrected chi connectivity index (χ0v) is 18.2. The molecule has 168 valence electrons. The molecule has 0 fully saturated rings. The van der Waals surface area contributed by atoms with Gasteiger partial charge < -0.3 is 13.7 Å². The van der Waals surface area contributed by atoms with Crippen molar-refractivity contribution in [1.82, 2.24) is 9.78 Å². The molecule has 0 amide bonds. The van der Waals surface area contributed by atoms with E-state index in [2.05, 4.69) is 5.10 Å². The number of carbonyl (C=O) groups excluding carboxylic acids is 1. The van der Waals surface area contributed by atoms with Crippen LogP contribution in [0.4, 0.5) is 4.39 Å². The maximum Gasteiger partial charge on any atom is 0.362 e. The van der Waals surface area contributed by atoms with Crippen LogP contribution in [0.3, 0.4) is 0 Å². The molecular formula is C21H19FN2O7S. The van der Waals surface area contributed by atoms with Gasteiger partial charge in [0.2, 0.25) is 5.69 Å². The summed E-state index contributed by atoms with van der Waals surface area (Å²) < 4.78 is 55.0. The van der Waals surface area contributed by atoms with Gasteiger partial charge >= 0.3 is 16.1 Å². The first kappa shape index (κ1) is 22.9. The standard InChI is InChI=1S/C21H19FN2O7S/c1-4-30-21(26)20-18(12-19(25)24(23-20)16-8-6-5-7-13(16)2)31-32(27,28)14-9-10-17(29-3)15(22)11-14/h5-12H,4H2,1-3H3. The molecule has 1 aromatic heterocycles. The van der Waals surface area contributed by atoms with Crippen molar-refractivity contribution in [2.24, 2.45) is 0 Å². The van der Waals surface area contributed by atoms with Crippen LogP contribution in [0.15, 0.2) is 58.2 Å². The monoisotopic (exact) mass is 462 g/mol. The van der Waals surface area contributed by atoms with Gasteiger partial charge in [-0.25, -0.2) is 9.18 Å². The molecule has 1 heterocycles. The molecule has 0 saturated carbocycles. The number of para-hydroxylation sites is 1. The molecule has 0 spiro atoms. The average Bonchev–Trinajstić information content (AvgIpc) is 2.74. The van der Waals surface area contributed by atoms with Gasteiger partial charge in [-0.2, -0.15) is 18.2 Å². The molecule has 0 unspecified atom stereocenters. The van der Waals surface area contributed by atoms with Gasteiger partial charge in [0.25, 0.3) is 5.56 Å². The van der Waals surface area contributed by atoms with Crippen LogP contribution in [-0.2, 0) is 14.9 Å². The number of benzene rings is 2. The first-order chi connectivity index (χ1) is 15.2. The summed E-state index contributed by atoms with van der Waals surface area (Å²) in [5.41, 5.74) is -0.215. The zero-order valence-electron chi connectivity index (χ0n) is 17.4. The highest BCUT2D eigenvalue weighted by atomic mass is 32.2. The lowest BCUT2D eigenvalue weighted by atomic mass is 10.2. The van der Waals surface area contributed by atoms with Gasteiger partial charge in [-0.15, -0.1) is 0 Å². The number of ether oxygens (including phenoxy) is 2. The molecule has 9 nitrogen and oxygen atoms in total. The molecule has 0 atom stereocenters. The van der Waals surface area contributed by atoms with E-state index in [1.54, 1.807) is 38.1 Å². The minimum absolute atomic E-state index is 0.0279. The Hall–Kier alpha value is -3.73. The highest BCUT2D eigenvalue weighted by Gasteiger charge is 2.26. The maximum atomic E-state index is 14.0. The fourth-order valence-corrected chi connectivity index (χ4v) is 3.73. The number of halogens is 1. The summed E-state index contributed by atoms with van der Waals surface area (Å²) in [6, 6.07) is 10.4. The molecule has 0 radical (unpaired) electrons. The largest absolute Gasteiger partial charge is 0.494 e. The first-order valence-corrected chi connectivity index (χ1v) is 10.7. The van der Waals surface area contributed by atoms with Gasteiger partial charge in [0.15, 0.2) is 17.3 Å². The summed E-state index contributed by atoms with van der Waals surface area (Å²) in [6.07, 6.45) is 0. The van der Waals surface area contributed by atoms with Crippen LogP contribution < -0.4 is 14.5 Å². The molecule has 32 heavy (non-hydrogen) atoms. The van der Waals surface area contributed by atoms with Gasteiger partial charge in [-0.1, -0.05) is 18.2 Å². The van der Waals surface area contributed by atoms with Crippen LogP contribution in [0.2, 0.25) is 0 Å². The third-order valence-electron chi connectivity index (χ3n) is 4.32. The number of methoxy groups -OCH3 is 1. The first-order valence-electron chi connectivity index (χ1n) is 9.33. The van der Waals surface area contributed by atoms with Crippen LogP contribution in [-0.4, -0.2) is 37.9 Å². The highest BCUT2D eigenvalue weighted by Crippen LogP contribution is 2.25. The van der Waals surface area contributed by atoms with Crippen molar-refractivity contribution in [3.63, 3.8) is 0 Å². The summed E-state index contributed by atoms with van der Waals surface area (Å²) in [7, 11) is -3.40. The van der Waals surface area contributed by atoms with Crippen LogP contribution >= 0.6 is 0 Å². The minimum Gasteiger partial charge on any atom is -0.494 e. The lowest BCUT2D eigenvalue weighted by Gasteiger charge is -2.13. The summed E-state index contributed by atoms with van der Waals surface area (Å²) in [6.45, 7) is 3.26. The molecule has 0 saturated heterocycles. The van der Waals surface area contributed by atoms with Crippen molar-refractivity contribution in [3.8, 4) is 17.2 Å². The van der Waals surface area contributed by atoms with Crippen molar-refractivity contribution in [2.75, 3.05) is 13.7 Å². The average molecular weight is 462 g/mol. The Morgan fingerprint density at radius 3 is 2.47 bits per heavy atom. The predicted octanol–water partition coefficient (Wildman–Crippen LogP) is 2.63. The Labute approximate surface area is 183 Å². The Morgan fingerprint density at radius 1 is 1.12 bits per heavy atom. The topological polar surface area (TPSA) is 114 Å². The third kappa shape index (κ3) is 4.62. The second-order valence-corrected chi connectivity index (χ2v) is 7.99. The van der Waals surface area contributed by atoms with E-state index in [1.807, 2.05) is 0 Å². The van der Waals surface area contributed by atoms with Gasteiger partial charge in [0.05, 0.1) is 25.5 Å². The normalized spacial score (nSPS) is 11.1. The molecule has 11 heteroatoms. The quantitative estimate of drug-likeness (QED) is 0.389. The van der Waals surface area contributed by atoms with Crippen LogP contribution in [0.5, 0.6) is 11.5 Å². The van der Waals surface area contributed by atoms with E-state index in [-0.39, 0.29) is 12.4 Å². The summed E-state index contributed by atoms with van der Waals surface area (Å²) in [5, 5.41) is 3.99. The summed E-state index contributed by atoms with van der Waals surface area (Å²) in [5.74, 6) is -2.75. The Morgan fingerprint density at radius 2 is 1.84 bits per heavy atom. The second kappa shape index (κ2) is 9.18. The fraction of sp³-hybridized carbons (Fsp3) is 0.190. The Bertz CT molecular complexity index is 1340. The van der Waals surface area contributed by atoms with Crippen molar-refractivity contribution in [3.05, 3.63) is 76.0 Å². The molecule has 3 rings (SSSR count). The number of rotatable bonds is 7. The van der Waals surface area contributed by atoms with Gasteiger partial charge in [-0.3, -0.25) is 4.79 Å². The summed E-state index contributed by atoms with van der Waals surface area (Å²) >= 11 is 0.